The molecule has 3 heterocycles. The lowest BCUT2D eigenvalue weighted by molar-refractivity contribution is 0.0910. The van der Waals surface area contributed by atoms with Crippen molar-refractivity contribution in [3.8, 4) is 23.3 Å². The molecule has 1 aliphatic rings. The number of aromatic nitrogens is 4. The Morgan fingerprint density at radius 2 is 2.00 bits per heavy atom. The van der Waals surface area contributed by atoms with E-state index in [4.69, 9.17) is 4.42 Å². The summed E-state index contributed by atoms with van der Waals surface area (Å²) in [6.07, 6.45) is 4.63. The molecule has 0 saturated heterocycles. The normalized spacial score (nSPS) is 15.1. The summed E-state index contributed by atoms with van der Waals surface area (Å²) in [7, 11) is 0. The van der Waals surface area contributed by atoms with Crippen LogP contribution in [-0.2, 0) is 6.42 Å². The molecule has 6 nitrogen and oxygen atoms in total. The van der Waals surface area contributed by atoms with Gasteiger partial charge in [-0.2, -0.15) is 0 Å². The van der Waals surface area contributed by atoms with E-state index in [1.54, 1.807) is 30.6 Å². The van der Waals surface area contributed by atoms with Gasteiger partial charge in [0.2, 0.25) is 5.89 Å². The van der Waals surface area contributed by atoms with Crippen LogP contribution in [0.2, 0.25) is 0 Å². The van der Waals surface area contributed by atoms with Gasteiger partial charge < -0.3 is 4.42 Å². The molecule has 128 valence electrons. The highest BCUT2D eigenvalue weighted by Crippen LogP contribution is 2.33. The van der Waals surface area contributed by atoms with Gasteiger partial charge in [0.1, 0.15) is 5.69 Å². The lowest BCUT2D eigenvalue weighted by atomic mass is 9.75. The molecule has 0 atom stereocenters. The fourth-order valence-corrected chi connectivity index (χ4v) is 3.00. The van der Waals surface area contributed by atoms with Gasteiger partial charge in [-0.1, -0.05) is 18.9 Å². The maximum absolute atomic E-state index is 12.2. The molecular formula is C20H16N4O2. The number of fused-ring (bicyclic) bond motifs is 1. The summed E-state index contributed by atoms with van der Waals surface area (Å²) in [4.78, 5) is 20.8. The molecule has 0 fully saturated rings. The van der Waals surface area contributed by atoms with Gasteiger partial charge >= 0.3 is 0 Å². The second-order valence-electron chi connectivity index (χ2n) is 7.04. The van der Waals surface area contributed by atoms with E-state index < -0.39 is 0 Å². The number of rotatable bonds is 1. The van der Waals surface area contributed by atoms with E-state index >= 15 is 0 Å². The zero-order valence-electron chi connectivity index (χ0n) is 14.5. The Labute approximate surface area is 150 Å². The molecular weight excluding hydrogens is 328 g/mol. The van der Waals surface area contributed by atoms with E-state index in [1.807, 2.05) is 6.07 Å². The average Bonchev–Trinajstić information content (AvgIpc) is 3.08. The van der Waals surface area contributed by atoms with E-state index in [0.717, 1.165) is 17.7 Å². The molecule has 0 aliphatic heterocycles. The van der Waals surface area contributed by atoms with Crippen LogP contribution in [0.3, 0.4) is 0 Å². The van der Waals surface area contributed by atoms with Crippen molar-refractivity contribution < 1.29 is 9.21 Å². The molecule has 3 aromatic rings. The Bertz CT molecular complexity index is 1040. The standard InChI is InChI=1S/C20H16N4O2/c1-20(2)10-16-15(17(25)11-20)7-5-14(22-16)6-8-18-23-24-19(26-18)13-4-3-9-21-12-13/h3-5,7,9,12H,10-11H2,1-2H3. The summed E-state index contributed by atoms with van der Waals surface area (Å²) >= 11 is 0. The first-order valence-electron chi connectivity index (χ1n) is 8.29. The predicted molar refractivity (Wildman–Crippen MR) is 94.2 cm³/mol. The number of pyridine rings is 2. The molecule has 0 amide bonds. The number of hydrogen-bond donors (Lipinski definition) is 0. The minimum Gasteiger partial charge on any atom is -0.410 e. The van der Waals surface area contributed by atoms with Crippen LogP contribution in [0.4, 0.5) is 0 Å². The first-order chi connectivity index (χ1) is 12.5. The first kappa shape index (κ1) is 16.2. The molecule has 4 rings (SSSR count). The van der Waals surface area contributed by atoms with Gasteiger partial charge in [0.15, 0.2) is 5.78 Å². The molecule has 6 heteroatoms. The van der Waals surface area contributed by atoms with Gasteiger partial charge in [0.05, 0.1) is 11.3 Å². The van der Waals surface area contributed by atoms with Crippen LogP contribution < -0.4 is 0 Å². The van der Waals surface area contributed by atoms with Gasteiger partial charge in [0, 0.05) is 30.3 Å². The van der Waals surface area contributed by atoms with Crippen LogP contribution in [-0.4, -0.2) is 25.9 Å². The van der Waals surface area contributed by atoms with Crippen molar-refractivity contribution in [2.45, 2.75) is 26.7 Å². The Hall–Kier alpha value is -3.33. The summed E-state index contributed by atoms with van der Waals surface area (Å²) in [6, 6.07) is 7.19. The molecule has 0 spiro atoms. The fourth-order valence-electron chi connectivity index (χ4n) is 3.00. The van der Waals surface area contributed by atoms with Gasteiger partial charge in [-0.15, -0.1) is 5.10 Å². The second kappa shape index (κ2) is 6.19. The summed E-state index contributed by atoms with van der Waals surface area (Å²) in [6.45, 7) is 4.15. The Morgan fingerprint density at radius 1 is 1.12 bits per heavy atom. The van der Waals surface area contributed by atoms with Crippen molar-refractivity contribution in [2.24, 2.45) is 5.41 Å². The van der Waals surface area contributed by atoms with E-state index in [-0.39, 0.29) is 17.1 Å². The SMILES string of the molecule is CC1(C)CC(=O)c2ccc(C#Cc3nnc(-c4cccnc4)o3)nc2C1. The molecule has 1 aliphatic carbocycles. The summed E-state index contributed by atoms with van der Waals surface area (Å²) in [5, 5.41) is 7.90. The van der Waals surface area contributed by atoms with Crippen LogP contribution in [0.25, 0.3) is 11.5 Å². The first-order valence-corrected chi connectivity index (χ1v) is 8.29. The largest absolute Gasteiger partial charge is 0.410 e. The molecule has 0 bridgehead atoms. The second-order valence-corrected chi connectivity index (χ2v) is 7.04. The lowest BCUT2D eigenvalue weighted by Crippen LogP contribution is -2.28. The maximum atomic E-state index is 12.2. The predicted octanol–water partition coefficient (Wildman–Crippen LogP) is 3.08. The van der Waals surface area contributed by atoms with Crippen LogP contribution in [0.1, 0.15) is 47.9 Å². The topological polar surface area (TPSA) is 81.8 Å². The van der Waals surface area contributed by atoms with E-state index in [0.29, 0.717) is 23.6 Å². The Morgan fingerprint density at radius 3 is 2.81 bits per heavy atom. The third-order valence-electron chi connectivity index (χ3n) is 4.19. The van der Waals surface area contributed by atoms with Crippen molar-refractivity contribution >= 4 is 5.78 Å². The molecule has 0 aromatic carbocycles. The monoisotopic (exact) mass is 344 g/mol. The molecule has 3 aromatic heterocycles. The van der Waals surface area contributed by atoms with Crippen molar-refractivity contribution in [2.75, 3.05) is 0 Å². The van der Waals surface area contributed by atoms with Gasteiger partial charge in [-0.25, -0.2) is 4.98 Å². The maximum Gasteiger partial charge on any atom is 0.294 e. The average molecular weight is 344 g/mol. The zero-order valence-corrected chi connectivity index (χ0v) is 14.5. The van der Waals surface area contributed by atoms with Crippen LogP contribution in [0.15, 0.2) is 41.1 Å². The van der Waals surface area contributed by atoms with Crippen LogP contribution in [0, 0.1) is 17.3 Å². The Kier molecular flexibility index (Phi) is 3.85. The van der Waals surface area contributed by atoms with E-state index in [2.05, 4.69) is 45.9 Å². The molecule has 0 unspecified atom stereocenters. The van der Waals surface area contributed by atoms with Crippen molar-refractivity contribution in [1.29, 1.82) is 0 Å². The van der Waals surface area contributed by atoms with Crippen molar-refractivity contribution in [3.05, 3.63) is 59.5 Å². The number of carbonyl (C=O) groups excluding carboxylic acids is 1. The highest BCUT2D eigenvalue weighted by Gasteiger charge is 2.31. The number of Topliss-reactive ketones (excluding diaryl/α,β-unsaturated/α-hetero) is 1. The quantitative estimate of drug-likeness (QED) is 0.631. The summed E-state index contributed by atoms with van der Waals surface area (Å²) < 4.78 is 5.54. The zero-order chi connectivity index (χ0) is 18.1. The highest BCUT2D eigenvalue weighted by molar-refractivity contribution is 5.98. The summed E-state index contributed by atoms with van der Waals surface area (Å²) in [5.41, 5.74) is 2.75. The lowest BCUT2D eigenvalue weighted by Gasteiger charge is -2.29. The third-order valence-corrected chi connectivity index (χ3v) is 4.19. The summed E-state index contributed by atoms with van der Waals surface area (Å²) in [5.74, 6) is 6.48. The highest BCUT2D eigenvalue weighted by atomic mass is 16.4. The van der Waals surface area contributed by atoms with Crippen LogP contribution >= 0.6 is 0 Å². The number of carbonyl (C=O) groups is 1. The molecule has 0 saturated carbocycles. The minimum absolute atomic E-state index is 0.0752. The molecule has 0 radical (unpaired) electrons. The van der Waals surface area contributed by atoms with E-state index in [1.165, 1.54) is 0 Å². The smallest absolute Gasteiger partial charge is 0.294 e. The molecule has 26 heavy (non-hydrogen) atoms. The van der Waals surface area contributed by atoms with E-state index in [9.17, 15) is 4.79 Å². The van der Waals surface area contributed by atoms with Crippen molar-refractivity contribution in [3.63, 3.8) is 0 Å². The van der Waals surface area contributed by atoms with Crippen LogP contribution in [0.5, 0.6) is 0 Å². The molecule has 0 N–H and O–H groups in total. The van der Waals surface area contributed by atoms with Crippen molar-refractivity contribution in [1.82, 2.24) is 20.2 Å². The third kappa shape index (κ3) is 3.24. The number of ketones is 1. The van der Waals surface area contributed by atoms with Gasteiger partial charge in [0.25, 0.3) is 5.89 Å². The fraction of sp³-hybridized carbons (Fsp3) is 0.250. The van der Waals surface area contributed by atoms with Gasteiger partial charge in [-0.3, -0.25) is 9.78 Å². The number of hydrogen-bond acceptors (Lipinski definition) is 6. The minimum atomic E-state index is -0.0752. The van der Waals surface area contributed by atoms with Gasteiger partial charge in [-0.05, 0) is 42.0 Å². The Balaban J connectivity index is 1.60. The number of nitrogens with zero attached hydrogens (tertiary/aromatic N) is 4.